The zero-order valence-electron chi connectivity index (χ0n) is 16.5. The minimum Gasteiger partial charge on any atom is -0.376 e. The third-order valence-electron chi connectivity index (χ3n) is 5.85. The zero-order valence-corrected chi connectivity index (χ0v) is 16.5. The van der Waals surface area contributed by atoms with Crippen LogP contribution in [0.25, 0.3) is 0 Å². The molecule has 1 saturated heterocycles. The van der Waals surface area contributed by atoms with Gasteiger partial charge in [-0.25, -0.2) is 4.99 Å². The van der Waals surface area contributed by atoms with Crippen molar-refractivity contribution in [3.8, 4) is 0 Å². The molecule has 1 aromatic heterocycles. The van der Waals surface area contributed by atoms with Crippen molar-refractivity contribution in [2.75, 3.05) is 13.2 Å². The predicted molar refractivity (Wildman–Crippen MR) is 103 cm³/mol. The highest BCUT2D eigenvalue weighted by atomic mass is 16.5. The summed E-state index contributed by atoms with van der Waals surface area (Å²) in [5.74, 6) is 3.57. The van der Waals surface area contributed by atoms with Gasteiger partial charge in [0.15, 0.2) is 11.8 Å². The maximum Gasteiger partial charge on any atom is 0.192 e. The van der Waals surface area contributed by atoms with E-state index in [9.17, 15) is 0 Å². The van der Waals surface area contributed by atoms with Gasteiger partial charge in [0.25, 0.3) is 0 Å². The molecule has 146 valence electrons. The first-order valence-corrected chi connectivity index (χ1v) is 10.2. The molecule has 2 fully saturated rings. The van der Waals surface area contributed by atoms with Crippen LogP contribution >= 0.6 is 0 Å². The first kappa shape index (κ1) is 19.1. The summed E-state index contributed by atoms with van der Waals surface area (Å²) in [5, 5.41) is 15.5. The Morgan fingerprint density at radius 1 is 1.23 bits per heavy atom. The van der Waals surface area contributed by atoms with E-state index in [1.54, 1.807) is 0 Å². The molecule has 0 spiro atoms. The van der Waals surface area contributed by atoms with Crippen LogP contribution in [0.1, 0.15) is 63.5 Å². The van der Waals surface area contributed by atoms with Crippen molar-refractivity contribution in [1.29, 1.82) is 0 Å². The average Bonchev–Trinajstić information content (AvgIpc) is 3.29. The molecule has 26 heavy (non-hydrogen) atoms. The van der Waals surface area contributed by atoms with E-state index in [4.69, 9.17) is 9.73 Å². The molecule has 0 amide bonds. The summed E-state index contributed by atoms with van der Waals surface area (Å²) in [4.78, 5) is 4.78. The van der Waals surface area contributed by atoms with E-state index < -0.39 is 0 Å². The van der Waals surface area contributed by atoms with Crippen LogP contribution < -0.4 is 10.6 Å². The Labute approximate surface area is 157 Å². The minimum absolute atomic E-state index is 0.301. The van der Waals surface area contributed by atoms with E-state index in [0.717, 1.165) is 49.5 Å². The fraction of sp³-hybridized carbons (Fsp3) is 0.842. The Hall–Kier alpha value is -1.63. The minimum atomic E-state index is 0.301. The molecule has 2 N–H and O–H groups in total. The lowest BCUT2D eigenvalue weighted by molar-refractivity contribution is 0.113. The van der Waals surface area contributed by atoms with Crippen LogP contribution in [0.2, 0.25) is 0 Å². The second kappa shape index (κ2) is 9.35. The zero-order chi connectivity index (χ0) is 18.4. The van der Waals surface area contributed by atoms with Gasteiger partial charge in [0.1, 0.15) is 12.4 Å². The molecule has 1 atom stereocenters. The second-order valence-corrected chi connectivity index (χ2v) is 7.67. The van der Waals surface area contributed by atoms with Gasteiger partial charge in [0.2, 0.25) is 0 Å². The third-order valence-corrected chi connectivity index (χ3v) is 5.85. The standard InChI is InChI=1S/C19H34N6O/c1-4-15-7-9-16(10-8-15)22-19(20-12-17-6-5-11-26-17)21-13-18-24-23-14(2)25(18)3/h15-17H,4-13H2,1-3H3,(H2,20,21,22). The highest BCUT2D eigenvalue weighted by molar-refractivity contribution is 5.80. The molecule has 2 aliphatic rings. The maximum absolute atomic E-state index is 5.74. The van der Waals surface area contributed by atoms with Gasteiger partial charge in [-0.15, -0.1) is 10.2 Å². The number of nitrogens with zero attached hydrogens (tertiary/aromatic N) is 4. The number of ether oxygens (including phenoxy) is 1. The van der Waals surface area contributed by atoms with E-state index in [1.165, 1.54) is 32.1 Å². The Kier molecular flexibility index (Phi) is 6.88. The van der Waals surface area contributed by atoms with E-state index >= 15 is 0 Å². The van der Waals surface area contributed by atoms with E-state index in [-0.39, 0.29) is 0 Å². The fourth-order valence-corrected chi connectivity index (χ4v) is 3.82. The van der Waals surface area contributed by atoms with Crippen LogP contribution in [-0.2, 0) is 18.3 Å². The average molecular weight is 363 g/mol. The number of hydrogen-bond acceptors (Lipinski definition) is 4. The van der Waals surface area contributed by atoms with E-state index in [2.05, 4.69) is 27.8 Å². The summed E-state index contributed by atoms with van der Waals surface area (Å²) in [6.45, 7) is 6.49. The summed E-state index contributed by atoms with van der Waals surface area (Å²) in [6, 6.07) is 0.509. The molecular formula is C19H34N6O. The first-order chi connectivity index (χ1) is 12.7. The number of aliphatic imine (C=N–C) groups is 1. The number of hydrogen-bond donors (Lipinski definition) is 2. The summed E-state index contributed by atoms with van der Waals surface area (Å²) < 4.78 is 7.73. The van der Waals surface area contributed by atoms with Crippen molar-refractivity contribution in [1.82, 2.24) is 25.4 Å². The summed E-state index contributed by atoms with van der Waals surface area (Å²) in [5.41, 5.74) is 0. The molecule has 0 aromatic carbocycles. The largest absolute Gasteiger partial charge is 0.376 e. The number of rotatable bonds is 6. The molecular weight excluding hydrogens is 328 g/mol. The van der Waals surface area contributed by atoms with Gasteiger partial charge in [-0.3, -0.25) is 0 Å². The third kappa shape index (κ3) is 5.19. The molecule has 1 saturated carbocycles. The second-order valence-electron chi connectivity index (χ2n) is 7.67. The monoisotopic (exact) mass is 362 g/mol. The lowest BCUT2D eigenvalue weighted by Gasteiger charge is -2.30. The Bertz CT molecular complexity index is 585. The van der Waals surface area contributed by atoms with Crippen LogP contribution in [-0.4, -0.2) is 46.0 Å². The SMILES string of the molecule is CCC1CCC(NC(=NCc2nnc(C)n2C)NCC2CCCO2)CC1. The number of aromatic nitrogens is 3. The molecule has 7 nitrogen and oxygen atoms in total. The van der Waals surface area contributed by atoms with Crippen molar-refractivity contribution in [2.24, 2.45) is 18.0 Å². The highest BCUT2D eigenvalue weighted by Gasteiger charge is 2.22. The maximum atomic E-state index is 5.74. The Morgan fingerprint density at radius 2 is 2.04 bits per heavy atom. The van der Waals surface area contributed by atoms with Crippen molar-refractivity contribution in [3.63, 3.8) is 0 Å². The van der Waals surface area contributed by atoms with Crippen molar-refractivity contribution >= 4 is 5.96 Å². The lowest BCUT2D eigenvalue weighted by atomic mass is 9.84. The van der Waals surface area contributed by atoms with Gasteiger partial charge >= 0.3 is 0 Å². The lowest BCUT2D eigenvalue weighted by Crippen LogP contribution is -2.46. The molecule has 0 bridgehead atoms. The molecule has 2 heterocycles. The predicted octanol–water partition coefficient (Wildman–Crippen LogP) is 2.31. The summed E-state index contributed by atoms with van der Waals surface area (Å²) >= 11 is 0. The van der Waals surface area contributed by atoms with Gasteiger partial charge < -0.3 is 19.9 Å². The summed E-state index contributed by atoms with van der Waals surface area (Å²) in [6.07, 6.45) is 8.97. The highest BCUT2D eigenvalue weighted by Crippen LogP contribution is 2.26. The number of guanidine groups is 1. The van der Waals surface area contributed by atoms with E-state index in [1.807, 2.05) is 18.5 Å². The molecule has 1 aromatic rings. The Balaban J connectivity index is 1.58. The topological polar surface area (TPSA) is 76.4 Å². The molecule has 1 aliphatic heterocycles. The van der Waals surface area contributed by atoms with Crippen LogP contribution in [0.5, 0.6) is 0 Å². The van der Waals surface area contributed by atoms with Crippen LogP contribution in [0.4, 0.5) is 0 Å². The van der Waals surface area contributed by atoms with Crippen LogP contribution in [0, 0.1) is 12.8 Å². The van der Waals surface area contributed by atoms with Crippen molar-refractivity contribution in [3.05, 3.63) is 11.6 Å². The van der Waals surface area contributed by atoms with Crippen LogP contribution in [0.15, 0.2) is 4.99 Å². The van der Waals surface area contributed by atoms with E-state index in [0.29, 0.717) is 18.7 Å². The number of nitrogens with one attached hydrogen (secondary N) is 2. The van der Waals surface area contributed by atoms with Gasteiger partial charge in [0, 0.05) is 26.2 Å². The normalized spacial score (nSPS) is 26.9. The van der Waals surface area contributed by atoms with Gasteiger partial charge in [0.05, 0.1) is 6.10 Å². The van der Waals surface area contributed by atoms with Crippen LogP contribution in [0.3, 0.4) is 0 Å². The quantitative estimate of drug-likeness (QED) is 0.600. The summed E-state index contributed by atoms with van der Waals surface area (Å²) in [7, 11) is 1.99. The van der Waals surface area contributed by atoms with Gasteiger partial charge in [-0.05, 0) is 51.4 Å². The van der Waals surface area contributed by atoms with Gasteiger partial charge in [-0.2, -0.15) is 0 Å². The molecule has 3 rings (SSSR count). The molecule has 1 aliphatic carbocycles. The first-order valence-electron chi connectivity index (χ1n) is 10.2. The molecule has 7 heteroatoms. The van der Waals surface area contributed by atoms with Crippen molar-refractivity contribution in [2.45, 2.75) is 77.5 Å². The Morgan fingerprint density at radius 3 is 2.65 bits per heavy atom. The molecule has 0 radical (unpaired) electrons. The molecule has 1 unspecified atom stereocenters. The van der Waals surface area contributed by atoms with Gasteiger partial charge in [-0.1, -0.05) is 13.3 Å². The smallest absolute Gasteiger partial charge is 0.192 e. The van der Waals surface area contributed by atoms with Crippen molar-refractivity contribution < 1.29 is 4.74 Å². The number of aryl methyl sites for hydroxylation is 1. The fourth-order valence-electron chi connectivity index (χ4n) is 3.82.